The van der Waals surface area contributed by atoms with Crippen molar-refractivity contribution in [2.24, 2.45) is 0 Å². The number of carbonyl (C=O) groups excluding carboxylic acids is 2. The van der Waals surface area contributed by atoms with E-state index in [4.69, 9.17) is 9.47 Å². The van der Waals surface area contributed by atoms with E-state index in [9.17, 15) is 9.59 Å². The van der Waals surface area contributed by atoms with E-state index in [0.717, 1.165) is 37.4 Å². The second kappa shape index (κ2) is 11.7. The van der Waals surface area contributed by atoms with Crippen molar-refractivity contribution in [3.63, 3.8) is 0 Å². The third-order valence-electron chi connectivity index (χ3n) is 5.47. The molecule has 1 aliphatic rings. The molecule has 4 rings (SSSR count). The van der Waals surface area contributed by atoms with Gasteiger partial charge in [0.1, 0.15) is 24.7 Å². The lowest BCUT2D eigenvalue weighted by Gasteiger charge is -2.16. The van der Waals surface area contributed by atoms with E-state index in [1.165, 1.54) is 0 Å². The lowest BCUT2D eigenvalue weighted by Crippen LogP contribution is -2.27. The number of amides is 2. The molecule has 2 amide bonds. The van der Waals surface area contributed by atoms with Gasteiger partial charge in [-0.15, -0.1) is 0 Å². The largest absolute Gasteiger partial charge is 0.490 e. The Labute approximate surface area is 199 Å². The maximum absolute atomic E-state index is 12.6. The van der Waals surface area contributed by atoms with E-state index in [-0.39, 0.29) is 18.4 Å². The van der Waals surface area contributed by atoms with E-state index in [2.05, 4.69) is 10.6 Å². The van der Waals surface area contributed by atoms with E-state index in [0.29, 0.717) is 30.2 Å². The third-order valence-corrected chi connectivity index (χ3v) is 5.47. The van der Waals surface area contributed by atoms with Crippen molar-refractivity contribution >= 4 is 23.2 Å². The smallest absolute Gasteiger partial charge is 0.253 e. The molecule has 3 aromatic rings. The molecule has 0 radical (unpaired) electrons. The van der Waals surface area contributed by atoms with Crippen LogP contribution in [0.25, 0.3) is 0 Å². The first-order chi connectivity index (χ1) is 16.7. The highest BCUT2D eigenvalue weighted by molar-refractivity contribution is 5.98. The zero-order chi connectivity index (χ0) is 23.6. The summed E-state index contributed by atoms with van der Waals surface area (Å²) in [6.07, 6.45) is 2.08. The minimum absolute atomic E-state index is 0.00837. The van der Waals surface area contributed by atoms with Crippen molar-refractivity contribution in [3.8, 4) is 11.5 Å². The van der Waals surface area contributed by atoms with Gasteiger partial charge in [-0.1, -0.05) is 36.4 Å². The number of nitrogens with one attached hydrogen (secondary N) is 2. The fourth-order valence-electron chi connectivity index (χ4n) is 3.78. The molecule has 0 aromatic heterocycles. The molecule has 0 bridgehead atoms. The lowest BCUT2D eigenvalue weighted by molar-refractivity contribution is -0.114. The molecule has 0 atom stereocenters. The lowest BCUT2D eigenvalue weighted by atomic mass is 10.1. The summed E-state index contributed by atoms with van der Waals surface area (Å²) in [4.78, 5) is 27.0. The summed E-state index contributed by atoms with van der Waals surface area (Å²) in [5.41, 5.74) is 1.90. The molecule has 1 aliphatic heterocycles. The number of hydrogen-bond donors (Lipinski definition) is 2. The summed E-state index contributed by atoms with van der Waals surface area (Å²) < 4.78 is 11.5. The van der Waals surface area contributed by atoms with Crippen LogP contribution in [0.3, 0.4) is 0 Å². The van der Waals surface area contributed by atoms with Crippen LogP contribution < -0.4 is 20.1 Å². The van der Waals surface area contributed by atoms with Crippen LogP contribution in [0.5, 0.6) is 11.5 Å². The molecule has 0 spiro atoms. The van der Waals surface area contributed by atoms with Gasteiger partial charge < -0.3 is 25.0 Å². The molecule has 3 aromatic carbocycles. The number of hydrogen-bond acceptors (Lipinski definition) is 5. The highest BCUT2D eigenvalue weighted by atomic mass is 16.5. The van der Waals surface area contributed by atoms with E-state index < -0.39 is 0 Å². The Bertz CT molecular complexity index is 1100. The van der Waals surface area contributed by atoms with Gasteiger partial charge in [0.2, 0.25) is 5.91 Å². The Balaban J connectivity index is 1.26. The fourth-order valence-corrected chi connectivity index (χ4v) is 3.78. The van der Waals surface area contributed by atoms with E-state index in [1.54, 1.807) is 24.3 Å². The van der Waals surface area contributed by atoms with Crippen LogP contribution >= 0.6 is 0 Å². The number of ether oxygens (including phenoxy) is 2. The average Bonchev–Trinajstić information content (AvgIpc) is 3.41. The molecule has 2 N–H and O–H groups in total. The van der Waals surface area contributed by atoms with Crippen LogP contribution in [0.15, 0.2) is 78.9 Å². The van der Waals surface area contributed by atoms with Crippen molar-refractivity contribution in [2.75, 3.05) is 43.5 Å². The highest BCUT2D eigenvalue weighted by Gasteiger charge is 2.19. The standard InChI is InChI=1S/C27H29N3O4/c31-26(29-22-10-8-9-21(19-22)27(32)30-15-6-7-16-30)20-28-24-13-4-5-14-25(24)34-18-17-33-23-11-2-1-3-12-23/h1-5,8-14,19,28H,6-7,15-18,20H2,(H,29,31). The SMILES string of the molecule is O=C(CNc1ccccc1OCCOc1ccccc1)Nc1cccc(C(=O)N2CCCC2)c1. The van der Waals surface area contributed by atoms with E-state index >= 15 is 0 Å². The molecule has 7 heteroatoms. The van der Waals surface area contributed by atoms with Crippen LogP contribution in [-0.4, -0.2) is 49.6 Å². The molecule has 1 fully saturated rings. The minimum Gasteiger partial charge on any atom is -0.490 e. The number of benzene rings is 3. The number of likely N-dealkylation sites (tertiary alicyclic amines) is 1. The monoisotopic (exact) mass is 459 g/mol. The van der Waals surface area contributed by atoms with Gasteiger partial charge in [0.05, 0.1) is 12.2 Å². The first-order valence-corrected chi connectivity index (χ1v) is 11.5. The second-order valence-corrected chi connectivity index (χ2v) is 7.99. The van der Waals surface area contributed by atoms with Crippen LogP contribution in [0.1, 0.15) is 23.2 Å². The molecular formula is C27H29N3O4. The second-order valence-electron chi connectivity index (χ2n) is 7.99. The molecule has 34 heavy (non-hydrogen) atoms. The Hall–Kier alpha value is -4.00. The van der Waals surface area contributed by atoms with Gasteiger partial charge in [-0.2, -0.15) is 0 Å². The van der Waals surface area contributed by atoms with Gasteiger partial charge in [0.15, 0.2) is 0 Å². The minimum atomic E-state index is -0.215. The highest BCUT2D eigenvalue weighted by Crippen LogP contribution is 2.23. The maximum Gasteiger partial charge on any atom is 0.253 e. The summed E-state index contributed by atoms with van der Waals surface area (Å²) in [5, 5.41) is 5.98. The van der Waals surface area contributed by atoms with Gasteiger partial charge in [0, 0.05) is 24.3 Å². The number of rotatable bonds is 10. The Morgan fingerprint density at radius 1 is 0.824 bits per heavy atom. The number of nitrogens with zero attached hydrogens (tertiary/aromatic N) is 1. The van der Waals surface area contributed by atoms with Crippen molar-refractivity contribution in [1.29, 1.82) is 0 Å². The first kappa shape index (κ1) is 23.2. The number of para-hydroxylation sites is 3. The molecule has 0 aliphatic carbocycles. The zero-order valence-corrected chi connectivity index (χ0v) is 19.0. The average molecular weight is 460 g/mol. The summed E-state index contributed by atoms with van der Waals surface area (Å²) in [7, 11) is 0. The van der Waals surface area contributed by atoms with Gasteiger partial charge in [-0.3, -0.25) is 9.59 Å². The van der Waals surface area contributed by atoms with Crippen molar-refractivity contribution in [1.82, 2.24) is 4.90 Å². The molecule has 1 heterocycles. The molecule has 0 saturated carbocycles. The predicted molar refractivity (Wildman–Crippen MR) is 133 cm³/mol. The fraction of sp³-hybridized carbons (Fsp3) is 0.259. The number of anilines is 2. The summed E-state index contributed by atoms with van der Waals surface area (Å²) in [6.45, 7) is 2.42. The summed E-state index contributed by atoms with van der Waals surface area (Å²) in [6, 6.07) is 24.1. The van der Waals surface area contributed by atoms with Crippen molar-refractivity contribution in [3.05, 3.63) is 84.4 Å². The summed E-state index contributed by atoms with van der Waals surface area (Å²) in [5.74, 6) is 1.23. The van der Waals surface area contributed by atoms with Gasteiger partial charge in [-0.25, -0.2) is 0 Å². The molecule has 1 saturated heterocycles. The molecule has 176 valence electrons. The Kier molecular flexibility index (Phi) is 8.00. The summed E-state index contributed by atoms with van der Waals surface area (Å²) >= 11 is 0. The van der Waals surface area contributed by atoms with Crippen LogP contribution in [0.4, 0.5) is 11.4 Å². The molecule has 7 nitrogen and oxygen atoms in total. The Morgan fingerprint density at radius 2 is 1.56 bits per heavy atom. The predicted octanol–water partition coefficient (Wildman–Crippen LogP) is 4.43. The normalized spacial score (nSPS) is 12.8. The Morgan fingerprint density at radius 3 is 2.38 bits per heavy atom. The third kappa shape index (κ3) is 6.51. The first-order valence-electron chi connectivity index (χ1n) is 11.5. The zero-order valence-electron chi connectivity index (χ0n) is 19.0. The van der Waals surface area contributed by atoms with Crippen molar-refractivity contribution < 1.29 is 19.1 Å². The van der Waals surface area contributed by atoms with Crippen LogP contribution in [-0.2, 0) is 4.79 Å². The van der Waals surface area contributed by atoms with Gasteiger partial charge in [0.25, 0.3) is 5.91 Å². The van der Waals surface area contributed by atoms with Crippen molar-refractivity contribution in [2.45, 2.75) is 12.8 Å². The molecular weight excluding hydrogens is 430 g/mol. The quantitative estimate of drug-likeness (QED) is 0.439. The van der Waals surface area contributed by atoms with E-state index in [1.807, 2.05) is 59.5 Å². The van der Waals surface area contributed by atoms with Crippen LogP contribution in [0.2, 0.25) is 0 Å². The number of carbonyl (C=O) groups is 2. The molecule has 0 unspecified atom stereocenters. The maximum atomic E-state index is 12.6. The topological polar surface area (TPSA) is 79.9 Å². The van der Waals surface area contributed by atoms with Gasteiger partial charge >= 0.3 is 0 Å². The van der Waals surface area contributed by atoms with Gasteiger partial charge in [-0.05, 0) is 55.3 Å². The van der Waals surface area contributed by atoms with Crippen LogP contribution in [0, 0.1) is 0 Å².